The first-order valence-electron chi connectivity index (χ1n) is 9.39. The Balaban J connectivity index is 1.69. The average Bonchev–Trinajstić information content (AvgIpc) is 3.28. The van der Waals surface area contributed by atoms with E-state index in [1.165, 1.54) is 11.1 Å². The molecule has 0 radical (unpaired) electrons. The first kappa shape index (κ1) is 20.0. The third kappa shape index (κ3) is 5.39. The number of guanidine groups is 1. The minimum Gasteiger partial charge on any atom is -0.357 e. The van der Waals surface area contributed by atoms with Crippen LogP contribution in [0.5, 0.6) is 0 Å². The Morgan fingerprint density at radius 2 is 2.11 bits per heavy atom. The zero-order chi connectivity index (χ0) is 19.9. The summed E-state index contributed by atoms with van der Waals surface area (Å²) in [6.07, 6.45) is 7.52. The number of hydrogen-bond acceptors (Lipinski definition) is 2. The molecule has 0 bridgehead atoms. The van der Waals surface area contributed by atoms with Crippen molar-refractivity contribution in [3.63, 3.8) is 0 Å². The Labute approximate surface area is 171 Å². The van der Waals surface area contributed by atoms with Gasteiger partial charge in [0, 0.05) is 51.5 Å². The van der Waals surface area contributed by atoms with Crippen LogP contribution in [0.4, 0.5) is 0 Å². The van der Waals surface area contributed by atoms with Gasteiger partial charge in [-0.25, -0.2) is 9.98 Å². The smallest absolute Gasteiger partial charge is 0.194 e. The first-order chi connectivity index (χ1) is 13.5. The van der Waals surface area contributed by atoms with Crippen LogP contribution in [0.1, 0.15) is 23.7 Å². The van der Waals surface area contributed by atoms with Gasteiger partial charge in [0.1, 0.15) is 0 Å². The van der Waals surface area contributed by atoms with Gasteiger partial charge < -0.3 is 19.4 Å². The number of benzene rings is 1. The SMILES string of the molecule is CCNC(=NCc1cccc(Cn2ccnc2)c1)N(C)Cc1cc(Cl)cn1C. The molecule has 28 heavy (non-hydrogen) atoms. The lowest BCUT2D eigenvalue weighted by Gasteiger charge is -2.22. The lowest BCUT2D eigenvalue weighted by Crippen LogP contribution is -2.38. The van der Waals surface area contributed by atoms with Gasteiger partial charge in [0.2, 0.25) is 0 Å². The molecule has 1 aromatic carbocycles. The van der Waals surface area contributed by atoms with E-state index in [4.69, 9.17) is 16.6 Å². The Kier molecular flexibility index (Phi) is 6.76. The molecule has 0 saturated carbocycles. The maximum atomic E-state index is 6.11. The van der Waals surface area contributed by atoms with Crippen molar-refractivity contribution in [1.29, 1.82) is 0 Å². The molecule has 0 amide bonds. The van der Waals surface area contributed by atoms with Gasteiger partial charge in [-0.15, -0.1) is 0 Å². The number of halogens is 1. The van der Waals surface area contributed by atoms with Gasteiger partial charge in [-0.05, 0) is 24.1 Å². The minimum absolute atomic E-state index is 0.623. The van der Waals surface area contributed by atoms with Crippen molar-refractivity contribution in [1.82, 2.24) is 24.3 Å². The Morgan fingerprint density at radius 1 is 1.29 bits per heavy atom. The molecule has 0 saturated heterocycles. The molecule has 3 aromatic rings. The van der Waals surface area contributed by atoms with Gasteiger partial charge in [0.25, 0.3) is 0 Å². The van der Waals surface area contributed by atoms with Crippen LogP contribution >= 0.6 is 11.6 Å². The van der Waals surface area contributed by atoms with Gasteiger partial charge in [-0.2, -0.15) is 0 Å². The van der Waals surface area contributed by atoms with E-state index in [1.54, 1.807) is 6.20 Å². The van der Waals surface area contributed by atoms with Crippen molar-refractivity contribution in [3.05, 3.63) is 77.1 Å². The third-order valence-electron chi connectivity index (χ3n) is 4.50. The van der Waals surface area contributed by atoms with Crippen molar-refractivity contribution >= 4 is 17.6 Å². The van der Waals surface area contributed by atoms with Crippen LogP contribution in [-0.4, -0.2) is 38.6 Å². The summed E-state index contributed by atoms with van der Waals surface area (Å²) in [5.74, 6) is 0.875. The highest BCUT2D eigenvalue weighted by atomic mass is 35.5. The van der Waals surface area contributed by atoms with Gasteiger partial charge in [-0.3, -0.25) is 0 Å². The summed E-state index contributed by atoms with van der Waals surface area (Å²) in [5.41, 5.74) is 3.56. The predicted octanol–water partition coefficient (Wildman–Crippen LogP) is 3.52. The van der Waals surface area contributed by atoms with Crippen LogP contribution < -0.4 is 5.32 Å². The topological polar surface area (TPSA) is 50.4 Å². The van der Waals surface area contributed by atoms with E-state index in [1.807, 2.05) is 43.4 Å². The largest absolute Gasteiger partial charge is 0.357 e. The summed E-state index contributed by atoms with van der Waals surface area (Å²) in [6, 6.07) is 10.5. The molecule has 0 fully saturated rings. The maximum absolute atomic E-state index is 6.11. The van der Waals surface area contributed by atoms with Crippen LogP contribution in [0.25, 0.3) is 0 Å². The number of aromatic nitrogens is 3. The number of hydrogen-bond donors (Lipinski definition) is 1. The second-order valence-electron chi connectivity index (χ2n) is 6.84. The molecule has 1 N–H and O–H groups in total. The molecule has 0 aliphatic heterocycles. The van der Waals surface area contributed by atoms with E-state index < -0.39 is 0 Å². The second kappa shape index (κ2) is 9.46. The zero-order valence-corrected chi connectivity index (χ0v) is 17.4. The summed E-state index contributed by atoms with van der Waals surface area (Å²) in [5, 5.41) is 4.12. The number of aryl methyl sites for hydroxylation is 1. The third-order valence-corrected chi connectivity index (χ3v) is 4.70. The van der Waals surface area contributed by atoms with E-state index in [0.29, 0.717) is 6.54 Å². The molecule has 2 heterocycles. The molecule has 0 aliphatic carbocycles. The highest BCUT2D eigenvalue weighted by molar-refractivity contribution is 6.30. The quantitative estimate of drug-likeness (QED) is 0.489. The summed E-state index contributed by atoms with van der Waals surface area (Å²) < 4.78 is 4.10. The second-order valence-corrected chi connectivity index (χ2v) is 7.28. The molecule has 0 unspecified atom stereocenters. The van der Waals surface area contributed by atoms with Gasteiger partial charge in [0.05, 0.1) is 24.4 Å². The standard InChI is InChI=1S/C21H27ClN6/c1-4-24-21(27(3)15-20-11-19(22)14-26(20)2)25-12-17-6-5-7-18(10-17)13-28-9-8-23-16-28/h5-11,14,16H,4,12-13,15H2,1-3H3,(H,24,25). The summed E-state index contributed by atoms with van der Waals surface area (Å²) >= 11 is 6.11. The van der Waals surface area contributed by atoms with Gasteiger partial charge in [-0.1, -0.05) is 35.9 Å². The van der Waals surface area contributed by atoms with Crippen molar-refractivity contribution < 1.29 is 0 Å². The summed E-state index contributed by atoms with van der Waals surface area (Å²) in [4.78, 5) is 11.0. The minimum atomic E-state index is 0.623. The number of nitrogens with zero attached hydrogens (tertiary/aromatic N) is 5. The monoisotopic (exact) mass is 398 g/mol. The molecule has 3 rings (SSSR count). The van der Waals surface area contributed by atoms with E-state index in [0.717, 1.165) is 36.3 Å². The molecule has 6 nitrogen and oxygen atoms in total. The molecule has 0 aliphatic rings. The molecular formula is C21H27ClN6. The predicted molar refractivity (Wildman–Crippen MR) is 114 cm³/mol. The number of aliphatic imine (C=N–C) groups is 1. The van der Waals surface area contributed by atoms with Crippen LogP contribution in [0, 0.1) is 0 Å². The average molecular weight is 399 g/mol. The van der Waals surface area contributed by atoms with Crippen LogP contribution in [-0.2, 0) is 26.7 Å². The van der Waals surface area contributed by atoms with E-state index in [2.05, 4.69) is 51.0 Å². The molecule has 7 heteroatoms. The molecule has 2 aromatic heterocycles. The highest BCUT2D eigenvalue weighted by Crippen LogP contribution is 2.14. The number of nitrogens with one attached hydrogen (secondary N) is 1. The fraction of sp³-hybridized carbons (Fsp3) is 0.333. The van der Waals surface area contributed by atoms with Crippen molar-refractivity contribution in [2.24, 2.45) is 12.0 Å². The zero-order valence-electron chi connectivity index (χ0n) is 16.6. The van der Waals surface area contributed by atoms with Crippen LogP contribution in [0.15, 0.2) is 60.2 Å². The molecule has 0 spiro atoms. The van der Waals surface area contributed by atoms with Crippen LogP contribution in [0.2, 0.25) is 5.02 Å². The molecule has 0 atom stereocenters. The van der Waals surface area contributed by atoms with Crippen LogP contribution in [0.3, 0.4) is 0 Å². The highest BCUT2D eigenvalue weighted by Gasteiger charge is 2.10. The molecular weight excluding hydrogens is 372 g/mol. The van der Waals surface area contributed by atoms with E-state index in [9.17, 15) is 0 Å². The first-order valence-corrected chi connectivity index (χ1v) is 9.76. The maximum Gasteiger partial charge on any atom is 0.194 e. The normalized spacial score (nSPS) is 11.6. The van der Waals surface area contributed by atoms with Crippen molar-refractivity contribution in [2.45, 2.75) is 26.6 Å². The van der Waals surface area contributed by atoms with Crippen molar-refractivity contribution in [2.75, 3.05) is 13.6 Å². The fourth-order valence-electron chi connectivity index (χ4n) is 3.09. The number of rotatable bonds is 7. The number of imidazole rings is 1. The summed E-state index contributed by atoms with van der Waals surface area (Å²) in [6.45, 7) is 5.06. The van der Waals surface area contributed by atoms with Gasteiger partial charge >= 0.3 is 0 Å². The van der Waals surface area contributed by atoms with E-state index >= 15 is 0 Å². The Morgan fingerprint density at radius 3 is 2.79 bits per heavy atom. The van der Waals surface area contributed by atoms with Crippen molar-refractivity contribution in [3.8, 4) is 0 Å². The summed E-state index contributed by atoms with van der Waals surface area (Å²) in [7, 11) is 4.04. The lowest BCUT2D eigenvalue weighted by atomic mass is 10.1. The fourth-order valence-corrected chi connectivity index (χ4v) is 3.37. The van der Waals surface area contributed by atoms with Gasteiger partial charge in [0.15, 0.2) is 5.96 Å². The van der Waals surface area contributed by atoms with E-state index in [-0.39, 0.29) is 0 Å². The Bertz CT molecular complexity index is 913. The molecule has 148 valence electrons. The Hall–Kier alpha value is -2.73. The lowest BCUT2D eigenvalue weighted by molar-refractivity contribution is 0.462.